The molecule has 0 spiro atoms. The molecule has 0 aliphatic rings. The van der Waals surface area contributed by atoms with Crippen LogP contribution in [0, 0.1) is 5.82 Å². The molecular formula is C23H17BrClFN4OS. The normalized spacial score (nSPS) is 10.8. The predicted molar refractivity (Wildman–Crippen MR) is 128 cm³/mol. The Kier molecular flexibility index (Phi) is 7.24. The molecule has 0 fully saturated rings. The summed E-state index contributed by atoms with van der Waals surface area (Å²) in [4.78, 5) is 12.5. The quantitative estimate of drug-likeness (QED) is 0.295. The van der Waals surface area contributed by atoms with Crippen LogP contribution in [0.1, 0.15) is 21.7 Å². The van der Waals surface area contributed by atoms with Crippen molar-refractivity contribution in [2.45, 2.75) is 17.5 Å². The lowest BCUT2D eigenvalue weighted by Gasteiger charge is -2.11. The standard InChI is InChI=1S/C23H17BrClFN4OS/c24-17-9-7-15(8-10-17)14-32-23-29-28-21(30(23)20-6-2-4-18(25)12-20)13-27-22(31)16-3-1-5-19(26)11-16/h1-12H,13-14H2,(H,27,31). The Labute approximate surface area is 202 Å². The highest BCUT2D eigenvalue weighted by Gasteiger charge is 2.16. The van der Waals surface area contributed by atoms with Gasteiger partial charge in [0.1, 0.15) is 5.82 Å². The van der Waals surface area contributed by atoms with Crippen molar-refractivity contribution >= 4 is 45.2 Å². The molecule has 0 bridgehead atoms. The van der Waals surface area contributed by atoms with Gasteiger partial charge in [-0.2, -0.15) is 0 Å². The second kappa shape index (κ2) is 10.3. The van der Waals surface area contributed by atoms with Crippen molar-refractivity contribution in [2.24, 2.45) is 0 Å². The molecule has 4 aromatic rings. The van der Waals surface area contributed by atoms with Gasteiger partial charge in [0.25, 0.3) is 5.91 Å². The maximum absolute atomic E-state index is 13.4. The summed E-state index contributed by atoms with van der Waals surface area (Å²) in [7, 11) is 0. The number of nitrogens with one attached hydrogen (secondary N) is 1. The second-order valence-electron chi connectivity index (χ2n) is 6.82. The van der Waals surface area contributed by atoms with Gasteiger partial charge in [0.15, 0.2) is 11.0 Å². The lowest BCUT2D eigenvalue weighted by molar-refractivity contribution is 0.0949. The molecule has 1 N–H and O–H groups in total. The zero-order valence-electron chi connectivity index (χ0n) is 16.6. The summed E-state index contributed by atoms with van der Waals surface area (Å²) in [6.07, 6.45) is 0. The lowest BCUT2D eigenvalue weighted by Crippen LogP contribution is -2.24. The third-order valence-corrected chi connectivity index (χ3v) is 6.31. The van der Waals surface area contributed by atoms with Gasteiger partial charge in [-0.1, -0.05) is 63.6 Å². The zero-order valence-corrected chi connectivity index (χ0v) is 19.8. The summed E-state index contributed by atoms with van der Waals surface area (Å²) in [5.41, 5.74) is 2.17. The summed E-state index contributed by atoms with van der Waals surface area (Å²) in [6.45, 7) is 0.119. The molecule has 0 unspecified atom stereocenters. The third-order valence-electron chi connectivity index (χ3n) is 4.54. The number of benzene rings is 3. The van der Waals surface area contributed by atoms with Gasteiger partial charge in [0.05, 0.1) is 12.2 Å². The van der Waals surface area contributed by atoms with Crippen LogP contribution in [0.2, 0.25) is 5.02 Å². The van der Waals surface area contributed by atoms with E-state index in [-0.39, 0.29) is 12.1 Å². The number of aromatic nitrogens is 3. The van der Waals surface area contributed by atoms with Gasteiger partial charge in [-0.05, 0) is 54.1 Å². The first kappa shape index (κ1) is 22.5. The molecule has 1 heterocycles. The molecule has 9 heteroatoms. The molecule has 4 rings (SSSR count). The van der Waals surface area contributed by atoms with Crippen LogP contribution in [0.15, 0.2) is 82.4 Å². The van der Waals surface area contributed by atoms with Crippen LogP contribution in [0.5, 0.6) is 0 Å². The number of hydrogen-bond donors (Lipinski definition) is 1. The average molecular weight is 532 g/mol. The van der Waals surface area contributed by atoms with Crippen molar-refractivity contribution in [1.82, 2.24) is 20.1 Å². The van der Waals surface area contributed by atoms with E-state index < -0.39 is 11.7 Å². The Hall–Kier alpha value is -2.68. The maximum Gasteiger partial charge on any atom is 0.251 e. The molecule has 32 heavy (non-hydrogen) atoms. The Morgan fingerprint density at radius 1 is 1.06 bits per heavy atom. The molecule has 162 valence electrons. The highest BCUT2D eigenvalue weighted by atomic mass is 79.9. The minimum absolute atomic E-state index is 0.119. The molecule has 0 atom stereocenters. The van der Waals surface area contributed by atoms with Crippen molar-refractivity contribution in [1.29, 1.82) is 0 Å². The van der Waals surface area contributed by atoms with Crippen LogP contribution >= 0.6 is 39.3 Å². The summed E-state index contributed by atoms with van der Waals surface area (Å²) in [5.74, 6) is 0.373. The fraction of sp³-hybridized carbons (Fsp3) is 0.0870. The van der Waals surface area contributed by atoms with E-state index >= 15 is 0 Å². The summed E-state index contributed by atoms with van der Waals surface area (Å²) >= 11 is 11.2. The molecule has 0 aliphatic carbocycles. The monoisotopic (exact) mass is 530 g/mol. The molecule has 0 aliphatic heterocycles. The minimum atomic E-state index is -0.466. The van der Waals surface area contributed by atoms with Gasteiger partial charge < -0.3 is 5.32 Å². The Morgan fingerprint density at radius 2 is 1.84 bits per heavy atom. The molecule has 5 nitrogen and oxygen atoms in total. The van der Waals surface area contributed by atoms with Crippen LogP contribution in [0.3, 0.4) is 0 Å². The van der Waals surface area contributed by atoms with E-state index in [1.807, 2.05) is 47.0 Å². The Bertz CT molecular complexity index is 1250. The Morgan fingerprint density at radius 3 is 2.59 bits per heavy atom. The fourth-order valence-corrected chi connectivity index (χ4v) is 4.38. The predicted octanol–water partition coefficient (Wildman–Crippen LogP) is 6.04. The molecular weight excluding hydrogens is 515 g/mol. The van der Waals surface area contributed by atoms with Gasteiger partial charge in [-0.3, -0.25) is 9.36 Å². The molecule has 3 aromatic carbocycles. The lowest BCUT2D eigenvalue weighted by atomic mass is 10.2. The second-order valence-corrected chi connectivity index (χ2v) is 9.12. The van der Waals surface area contributed by atoms with Crippen molar-refractivity contribution in [3.63, 3.8) is 0 Å². The fourth-order valence-electron chi connectivity index (χ4n) is 3.00. The first-order valence-electron chi connectivity index (χ1n) is 9.61. The van der Waals surface area contributed by atoms with Gasteiger partial charge in [0.2, 0.25) is 0 Å². The molecule has 1 amide bonds. The zero-order chi connectivity index (χ0) is 22.5. The first-order valence-corrected chi connectivity index (χ1v) is 11.8. The number of carbonyl (C=O) groups is 1. The SMILES string of the molecule is O=C(NCc1nnc(SCc2ccc(Br)cc2)n1-c1cccc(Cl)c1)c1cccc(F)c1. The highest BCUT2D eigenvalue weighted by molar-refractivity contribution is 9.10. The van der Waals surface area contributed by atoms with Crippen molar-refractivity contribution in [2.75, 3.05) is 0 Å². The van der Waals surface area contributed by atoms with Crippen LogP contribution in [-0.4, -0.2) is 20.7 Å². The molecule has 1 aromatic heterocycles. The Balaban J connectivity index is 1.57. The molecule has 0 saturated carbocycles. The molecule has 0 saturated heterocycles. The van der Waals surface area contributed by atoms with Crippen LogP contribution in [0.25, 0.3) is 5.69 Å². The summed E-state index contributed by atoms with van der Waals surface area (Å²) in [5, 5.41) is 12.7. The van der Waals surface area contributed by atoms with Gasteiger partial charge in [0, 0.05) is 20.8 Å². The van der Waals surface area contributed by atoms with E-state index in [1.54, 1.807) is 12.1 Å². The number of amides is 1. The number of rotatable bonds is 7. The third kappa shape index (κ3) is 5.56. The number of halogens is 3. The van der Waals surface area contributed by atoms with E-state index in [0.717, 1.165) is 15.7 Å². The minimum Gasteiger partial charge on any atom is -0.345 e. The van der Waals surface area contributed by atoms with Crippen molar-refractivity contribution in [3.8, 4) is 5.69 Å². The first-order chi connectivity index (χ1) is 15.5. The summed E-state index contributed by atoms with van der Waals surface area (Å²) < 4.78 is 16.3. The van der Waals surface area contributed by atoms with E-state index in [1.165, 1.54) is 30.0 Å². The topological polar surface area (TPSA) is 59.8 Å². The van der Waals surface area contributed by atoms with Gasteiger partial charge >= 0.3 is 0 Å². The summed E-state index contributed by atoms with van der Waals surface area (Å²) in [6, 6.07) is 20.9. The number of hydrogen-bond acceptors (Lipinski definition) is 4. The maximum atomic E-state index is 13.4. The number of carbonyl (C=O) groups excluding carboxylic acids is 1. The highest BCUT2D eigenvalue weighted by Crippen LogP contribution is 2.27. The van der Waals surface area contributed by atoms with Gasteiger partial charge in [-0.25, -0.2) is 4.39 Å². The van der Waals surface area contributed by atoms with Crippen molar-refractivity contribution in [3.05, 3.63) is 105 Å². The molecule has 0 radical (unpaired) electrons. The van der Waals surface area contributed by atoms with Crippen molar-refractivity contribution < 1.29 is 9.18 Å². The van der Waals surface area contributed by atoms with Crippen LogP contribution in [-0.2, 0) is 12.3 Å². The van der Waals surface area contributed by atoms with E-state index in [9.17, 15) is 9.18 Å². The van der Waals surface area contributed by atoms with E-state index in [4.69, 9.17) is 11.6 Å². The number of thioether (sulfide) groups is 1. The number of nitrogens with zero attached hydrogens (tertiary/aromatic N) is 3. The largest absolute Gasteiger partial charge is 0.345 e. The average Bonchev–Trinajstić information content (AvgIpc) is 3.20. The van der Waals surface area contributed by atoms with Crippen LogP contribution in [0.4, 0.5) is 4.39 Å². The smallest absolute Gasteiger partial charge is 0.251 e. The van der Waals surface area contributed by atoms with Crippen LogP contribution < -0.4 is 5.32 Å². The van der Waals surface area contributed by atoms with E-state index in [0.29, 0.717) is 21.8 Å². The van der Waals surface area contributed by atoms with Gasteiger partial charge in [-0.15, -0.1) is 10.2 Å². The van der Waals surface area contributed by atoms with E-state index in [2.05, 4.69) is 31.4 Å².